The third-order valence-electron chi connectivity index (χ3n) is 4.40. The molecule has 1 N–H and O–H groups in total. The monoisotopic (exact) mass is 442 g/mol. The summed E-state index contributed by atoms with van der Waals surface area (Å²) >= 11 is 6.45. The number of nitrogens with zero attached hydrogens (tertiary/aromatic N) is 1. The van der Waals surface area contributed by atoms with E-state index in [1.165, 1.54) is 12.1 Å². The zero-order chi connectivity index (χ0) is 22.1. The predicted molar refractivity (Wildman–Crippen MR) is 121 cm³/mol. The lowest BCUT2D eigenvalue weighted by Crippen LogP contribution is -2.07. The normalized spacial score (nSPS) is 10.8. The molecule has 0 aliphatic rings. The highest BCUT2D eigenvalue weighted by molar-refractivity contribution is 6.32. The van der Waals surface area contributed by atoms with Crippen LogP contribution < -0.4 is 19.6 Å². The molecule has 7 heteroatoms. The van der Waals surface area contributed by atoms with Crippen LogP contribution in [0.2, 0.25) is 5.02 Å². The van der Waals surface area contributed by atoms with E-state index in [4.69, 9.17) is 25.8 Å². The molecule has 0 saturated carbocycles. The molecule has 0 radical (unpaired) electrons. The summed E-state index contributed by atoms with van der Waals surface area (Å²) in [5, 5.41) is 4.67. The number of nitrogens with one attached hydrogen (secondary N) is 1. The van der Waals surface area contributed by atoms with E-state index in [1.807, 2.05) is 37.3 Å². The van der Waals surface area contributed by atoms with Crippen molar-refractivity contribution in [1.29, 1.82) is 0 Å². The smallest absolute Gasteiger partial charge is 0.180 e. The Labute approximate surface area is 186 Å². The van der Waals surface area contributed by atoms with Crippen LogP contribution in [0.3, 0.4) is 0 Å². The van der Waals surface area contributed by atoms with Crippen molar-refractivity contribution in [3.63, 3.8) is 0 Å². The van der Waals surface area contributed by atoms with Gasteiger partial charge in [0.05, 0.1) is 31.5 Å². The van der Waals surface area contributed by atoms with Crippen LogP contribution in [0.4, 0.5) is 4.39 Å². The molecule has 0 atom stereocenters. The molecule has 3 rings (SSSR count). The lowest BCUT2D eigenvalue weighted by atomic mass is 10.2. The van der Waals surface area contributed by atoms with Gasteiger partial charge in [-0.15, -0.1) is 0 Å². The fourth-order valence-electron chi connectivity index (χ4n) is 2.90. The minimum absolute atomic E-state index is 0.244. The van der Waals surface area contributed by atoms with Gasteiger partial charge in [0.1, 0.15) is 18.2 Å². The van der Waals surface area contributed by atoms with Crippen LogP contribution in [0, 0.1) is 5.82 Å². The molecule has 0 fully saturated rings. The minimum atomic E-state index is -0.292. The van der Waals surface area contributed by atoms with Gasteiger partial charge >= 0.3 is 0 Å². The van der Waals surface area contributed by atoms with Crippen LogP contribution >= 0.6 is 11.6 Å². The zero-order valence-corrected chi connectivity index (χ0v) is 18.2. The Bertz CT molecular complexity index is 1030. The Morgan fingerprint density at radius 1 is 1.03 bits per heavy atom. The summed E-state index contributed by atoms with van der Waals surface area (Å²) in [5.41, 5.74) is 5.59. The molecule has 162 valence electrons. The number of methoxy groups -OCH3 is 1. The van der Waals surface area contributed by atoms with Crippen LogP contribution in [0.1, 0.15) is 23.6 Å². The lowest BCUT2D eigenvalue weighted by molar-refractivity contribution is 0.269. The largest absolute Gasteiger partial charge is 0.496 e. The van der Waals surface area contributed by atoms with E-state index < -0.39 is 0 Å². The summed E-state index contributed by atoms with van der Waals surface area (Å²) in [6, 6.07) is 17.4. The average molecular weight is 443 g/mol. The van der Waals surface area contributed by atoms with E-state index in [9.17, 15) is 4.39 Å². The molecule has 31 heavy (non-hydrogen) atoms. The van der Waals surface area contributed by atoms with Crippen molar-refractivity contribution >= 4 is 17.8 Å². The molecule has 0 saturated heterocycles. The maximum absolute atomic E-state index is 13.1. The minimum Gasteiger partial charge on any atom is -0.496 e. The van der Waals surface area contributed by atoms with E-state index in [0.29, 0.717) is 29.7 Å². The molecule has 0 aliphatic carbocycles. The third kappa shape index (κ3) is 6.36. The molecule has 0 bridgehead atoms. The van der Waals surface area contributed by atoms with Crippen LogP contribution in [0.5, 0.6) is 17.2 Å². The number of benzene rings is 3. The van der Waals surface area contributed by atoms with Crippen LogP contribution in [-0.2, 0) is 13.2 Å². The molecule has 0 aliphatic heterocycles. The quantitative estimate of drug-likeness (QED) is 0.328. The number of hydrazone groups is 1. The van der Waals surface area contributed by atoms with Crippen molar-refractivity contribution in [3.8, 4) is 17.2 Å². The Morgan fingerprint density at radius 3 is 2.55 bits per heavy atom. The second-order valence-electron chi connectivity index (χ2n) is 6.58. The highest BCUT2D eigenvalue weighted by Gasteiger charge is 2.12. The van der Waals surface area contributed by atoms with Crippen molar-refractivity contribution in [1.82, 2.24) is 5.43 Å². The number of halogens is 2. The maximum atomic E-state index is 13.1. The summed E-state index contributed by atoms with van der Waals surface area (Å²) < 4.78 is 30.0. The molecular formula is C24H24ClFN2O3. The van der Waals surface area contributed by atoms with E-state index >= 15 is 0 Å². The van der Waals surface area contributed by atoms with Gasteiger partial charge in [-0.2, -0.15) is 5.10 Å². The molecule has 5 nitrogen and oxygen atoms in total. The first kappa shape index (κ1) is 22.4. The molecule has 0 aromatic heterocycles. The number of para-hydroxylation sites is 1. The standard InChI is InChI=1S/C24H24ClFN2O3/c1-3-30-23-13-18(14-27-28-15-19-6-4-5-7-22(19)29-2)12-21(25)24(23)31-16-17-8-10-20(26)11-9-17/h4-14,28H,3,15-16H2,1-2H3/b27-14+. The molecule has 0 amide bonds. The van der Waals surface area contributed by atoms with Crippen molar-refractivity contribution in [2.75, 3.05) is 13.7 Å². The van der Waals surface area contributed by atoms with Crippen molar-refractivity contribution in [2.24, 2.45) is 5.10 Å². The van der Waals surface area contributed by atoms with Crippen LogP contribution in [0.15, 0.2) is 65.8 Å². The summed E-state index contributed by atoms with van der Waals surface area (Å²) in [6.45, 7) is 3.10. The van der Waals surface area contributed by atoms with Crippen molar-refractivity contribution in [3.05, 3.63) is 88.2 Å². The van der Waals surface area contributed by atoms with Gasteiger partial charge < -0.3 is 19.6 Å². The molecule has 0 spiro atoms. The Kier molecular flexibility index (Phi) is 8.12. The van der Waals surface area contributed by atoms with E-state index in [1.54, 1.807) is 31.5 Å². The Morgan fingerprint density at radius 2 is 1.81 bits per heavy atom. The second kappa shape index (κ2) is 11.2. The van der Waals surface area contributed by atoms with Gasteiger partial charge in [0.15, 0.2) is 11.5 Å². The molecule has 0 heterocycles. The molecule has 0 unspecified atom stereocenters. The van der Waals surface area contributed by atoms with Gasteiger partial charge in [0.2, 0.25) is 0 Å². The molecule has 3 aromatic rings. The summed E-state index contributed by atoms with van der Waals surface area (Å²) in [4.78, 5) is 0. The number of hydrogen-bond donors (Lipinski definition) is 1. The van der Waals surface area contributed by atoms with Gasteiger partial charge in [-0.05, 0) is 48.4 Å². The van der Waals surface area contributed by atoms with Crippen LogP contribution in [-0.4, -0.2) is 19.9 Å². The fraction of sp³-hybridized carbons (Fsp3) is 0.208. The van der Waals surface area contributed by atoms with Crippen molar-refractivity contribution < 1.29 is 18.6 Å². The average Bonchev–Trinajstić information content (AvgIpc) is 2.78. The Balaban J connectivity index is 1.68. The fourth-order valence-corrected chi connectivity index (χ4v) is 3.18. The highest BCUT2D eigenvalue weighted by Crippen LogP contribution is 2.37. The van der Waals surface area contributed by atoms with Gasteiger partial charge in [0.25, 0.3) is 0 Å². The third-order valence-corrected chi connectivity index (χ3v) is 4.68. The highest BCUT2D eigenvalue weighted by atomic mass is 35.5. The first-order chi connectivity index (χ1) is 15.1. The van der Waals surface area contributed by atoms with Gasteiger partial charge in [-0.3, -0.25) is 0 Å². The molecular weight excluding hydrogens is 419 g/mol. The van der Waals surface area contributed by atoms with Crippen LogP contribution in [0.25, 0.3) is 0 Å². The topological polar surface area (TPSA) is 52.1 Å². The number of ether oxygens (including phenoxy) is 3. The van der Waals surface area contributed by atoms with E-state index in [2.05, 4.69) is 10.5 Å². The lowest BCUT2D eigenvalue weighted by Gasteiger charge is -2.14. The number of hydrogen-bond acceptors (Lipinski definition) is 5. The Hall–Kier alpha value is -3.25. The molecule has 3 aromatic carbocycles. The predicted octanol–water partition coefficient (Wildman–Crippen LogP) is 5.59. The number of rotatable bonds is 10. The first-order valence-corrected chi connectivity index (χ1v) is 10.2. The van der Waals surface area contributed by atoms with E-state index in [-0.39, 0.29) is 12.4 Å². The zero-order valence-electron chi connectivity index (χ0n) is 17.4. The van der Waals surface area contributed by atoms with Gasteiger partial charge in [-0.1, -0.05) is 41.9 Å². The summed E-state index contributed by atoms with van der Waals surface area (Å²) in [7, 11) is 1.64. The maximum Gasteiger partial charge on any atom is 0.180 e. The first-order valence-electron chi connectivity index (χ1n) is 9.82. The van der Waals surface area contributed by atoms with Crippen molar-refractivity contribution in [2.45, 2.75) is 20.1 Å². The van der Waals surface area contributed by atoms with Gasteiger partial charge in [0, 0.05) is 5.56 Å². The second-order valence-corrected chi connectivity index (χ2v) is 6.99. The van der Waals surface area contributed by atoms with Gasteiger partial charge in [-0.25, -0.2) is 4.39 Å². The summed E-state index contributed by atoms with van der Waals surface area (Å²) in [5.74, 6) is 1.46. The summed E-state index contributed by atoms with van der Waals surface area (Å²) in [6.07, 6.45) is 1.66. The SMILES string of the molecule is CCOc1cc(/C=N/NCc2ccccc2OC)cc(Cl)c1OCc1ccc(F)cc1. The van der Waals surface area contributed by atoms with E-state index in [0.717, 1.165) is 22.4 Å².